The minimum absolute atomic E-state index is 0.539. The fourth-order valence-corrected chi connectivity index (χ4v) is 1.30. The van der Waals surface area contributed by atoms with Gasteiger partial charge in [0.1, 0.15) is 0 Å². The van der Waals surface area contributed by atoms with Crippen LogP contribution in [-0.2, 0) is 0 Å². The zero-order chi connectivity index (χ0) is 10.4. The molecule has 0 fully saturated rings. The summed E-state index contributed by atoms with van der Waals surface area (Å²) < 4.78 is 0. The third-order valence-electron chi connectivity index (χ3n) is 1.71. The third-order valence-corrected chi connectivity index (χ3v) is 2.45. The van der Waals surface area contributed by atoms with Gasteiger partial charge in [0.05, 0.1) is 16.1 Å². The highest BCUT2D eigenvalue weighted by Gasteiger charge is 1.98. The molecular formula is C10H10Cl2N2. The summed E-state index contributed by atoms with van der Waals surface area (Å²) in [6.45, 7) is 0.769. The van der Waals surface area contributed by atoms with Crippen LogP contribution in [0.25, 0.3) is 0 Å². The van der Waals surface area contributed by atoms with Crippen molar-refractivity contribution in [2.45, 2.75) is 12.8 Å². The van der Waals surface area contributed by atoms with Crippen LogP contribution in [0.15, 0.2) is 18.2 Å². The highest BCUT2D eigenvalue weighted by Crippen LogP contribution is 2.24. The van der Waals surface area contributed by atoms with Crippen molar-refractivity contribution in [1.82, 2.24) is 0 Å². The number of hydrogen-bond acceptors (Lipinski definition) is 2. The standard InChI is InChI=1S/C10H10Cl2N2/c11-9-4-3-8(7-10(9)12)14-6-2-1-5-13/h3-4,7,14H,1-2,6H2. The Labute approximate surface area is 93.4 Å². The maximum Gasteiger partial charge on any atom is 0.0622 e. The predicted octanol–water partition coefficient (Wildman–Crippen LogP) is 3.71. The Hall–Kier alpha value is -0.910. The van der Waals surface area contributed by atoms with Crippen molar-refractivity contribution in [2.75, 3.05) is 11.9 Å². The lowest BCUT2D eigenvalue weighted by Gasteiger charge is -2.05. The molecule has 14 heavy (non-hydrogen) atoms. The number of rotatable bonds is 4. The molecule has 0 saturated heterocycles. The Kier molecular flexibility index (Phi) is 4.58. The summed E-state index contributed by atoms with van der Waals surface area (Å²) in [5, 5.41) is 12.6. The van der Waals surface area contributed by atoms with E-state index in [1.807, 2.05) is 6.07 Å². The first-order valence-corrected chi connectivity index (χ1v) is 5.05. The van der Waals surface area contributed by atoms with Gasteiger partial charge in [-0.05, 0) is 24.6 Å². The summed E-state index contributed by atoms with van der Waals surface area (Å²) in [6.07, 6.45) is 1.39. The van der Waals surface area contributed by atoms with Gasteiger partial charge in [-0.1, -0.05) is 23.2 Å². The molecule has 0 unspecified atom stereocenters. The molecule has 0 saturated carbocycles. The predicted molar refractivity (Wildman–Crippen MR) is 59.8 cm³/mol. The SMILES string of the molecule is N#CCCCNc1ccc(Cl)c(Cl)c1. The smallest absolute Gasteiger partial charge is 0.0622 e. The first-order valence-electron chi connectivity index (χ1n) is 4.30. The van der Waals surface area contributed by atoms with E-state index in [4.69, 9.17) is 28.5 Å². The van der Waals surface area contributed by atoms with E-state index in [0.29, 0.717) is 16.5 Å². The molecule has 1 N–H and O–H groups in total. The van der Waals surface area contributed by atoms with Crippen LogP contribution in [-0.4, -0.2) is 6.54 Å². The van der Waals surface area contributed by atoms with Crippen LogP contribution in [0.1, 0.15) is 12.8 Å². The summed E-state index contributed by atoms with van der Waals surface area (Å²) in [5.74, 6) is 0. The lowest BCUT2D eigenvalue weighted by Crippen LogP contribution is -2.00. The summed E-state index contributed by atoms with van der Waals surface area (Å²) >= 11 is 11.6. The monoisotopic (exact) mass is 228 g/mol. The molecule has 74 valence electrons. The van der Waals surface area contributed by atoms with Crippen molar-refractivity contribution in [3.63, 3.8) is 0 Å². The second-order valence-electron chi connectivity index (χ2n) is 2.82. The van der Waals surface area contributed by atoms with Crippen LogP contribution in [0.4, 0.5) is 5.69 Å². The highest BCUT2D eigenvalue weighted by molar-refractivity contribution is 6.42. The fraction of sp³-hybridized carbons (Fsp3) is 0.300. The van der Waals surface area contributed by atoms with Crippen LogP contribution in [0.2, 0.25) is 10.0 Å². The Morgan fingerprint density at radius 3 is 2.71 bits per heavy atom. The summed E-state index contributed by atoms with van der Waals surface area (Å²) in [5.41, 5.74) is 0.928. The molecule has 2 nitrogen and oxygen atoms in total. The normalized spacial score (nSPS) is 9.50. The number of anilines is 1. The number of benzene rings is 1. The number of unbranched alkanes of at least 4 members (excludes halogenated alkanes) is 1. The van der Waals surface area contributed by atoms with Crippen LogP contribution >= 0.6 is 23.2 Å². The number of nitriles is 1. The molecular weight excluding hydrogens is 219 g/mol. The largest absolute Gasteiger partial charge is 0.385 e. The Balaban J connectivity index is 2.44. The van der Waals surface area contributed by atoms with Gasteiger partial charge < -0.3 is 5.32 Å². The molecule has 1 rings (SSSR count). The first kappa shape index (κ1) is 11.2. The lowest BCUT2D eigenvalue weighted by atomic mass is 10.3. The molecule has 0 bridgehead atoms. The Morgan fingerprint density at radius 2 is 2.07 bits per heavy atom. The van der Waals surface area contributed by atoms with Crippen molar-refractivity contribution >= 4 is 28.9 Å². The van der Waals surface area contributed by atoms with Gasteiger partial charge in [-0.3, -0.25) is 0 Å². The van der Waals surface area contributed by atoms with Gasteiger partial charge in [-0.25, -0.2) is 0 Å². The molecule has 0 heterocycles. The number of nitrogens with one attached hydrogen (secondary N) is 1. The van der Waals surface area contributed by atoms with Crippen LogP contribution in [0.3, 0.4) is 0 Å². The van der Waals surface area contributed by atoms with Gasteiger partial charge in [0.15, 0.2) is 0 Å². The van der Waals surface area contributed by atoms with E-state index in [-0.39, 0.29) is 0 Å². The topological polar surface area (TPSA) is 35.8 Å². The maximum absolute atomic E-state index is 8.33. The molecule has 0 amide bonds. The quantitative estimate of drug-likeness (QED) is 0.798. The van der Waals surface area contributed by atoms with Gasteiger partial charge in [0.2, 0.25) is 0 Å². The van der Waals surface area contributed by atoms with Gasteiger partial charge in [0, 0.05) is 18.7 Å². The Morgan fingerprint density at radius 1 is 1.29 bits per heavy atom. The van der Waals surface area contributed by atoms with Crippen LogP contribution in [0.5, 0.6) is 0 Å². The first-order chi connectivity index (χ1) is 6.74. The van der Waals surface area contributed by atoms with E-state index in [2.05, 4.69) is 11.4 Å². The molecule has 0 aliphatic carbocycles. The van der Waals surface area contributed by atoms with Crippen molar-refractivity contribution in [3.8, 4) is 6.07 Å². The van der Waals surface area contributed by atoms with Crippen LogP contribution < -0.4 is 5.32 Å². The highest BCUT2D eigenvalue weighted by atomic mass is 35.5. The van der Waals surface area contributed by atoms with Gasteiger partial charge in [-0.2, -0.15) is 5.26 Å². The van der Waals surface area contributed by atoms with Crippen LogP contribution in [0, 0.1) is 11.3 Å². The third kappa shape index (κ3) is 3.45. The second-order valence-corrected chi connectivity index (χ2v) is 3.63. The van der Waals surface area contributed by atoms with Gasteiger partial charge in [-0.15, -0.1) is 0 Å². The Bertz CT molecular complexity index is 344. The fourth-order valence-electron chi connectivity index (χ4n) is 1.01. The van der Waals surface area contributed by atoms with E-state index in [9.17, 15) is 0 Å². The van der Waals surface area contributed by atoms with Crippen molar-refractivity contribution in [3.05, 3.63) is 28.2 Å². The maximum atomic E-state index is 8.33. The minimum atomic E-state index is 0.539. The van der Waals surface area contributed by atoms with E-state index in [1.54, 1.807) is 12.1 Å². The summed E-state index contributed by atoms with van der Waals surface area (Å²) in [7, 11) is 0. The lowest BCUT2D eigenvalue weighted by molar-refractivity contribution is 0.897. The molecule has 0 aliphatic rings. The van der Waals surface area contributed by atoms with E-state index < -0.39 is 0 Å². The van der Waals surface area contributed by atoms with Gasteiger partial charge >= 0.3 is 0 Å². The second kappa shape index (κ2) is 5.74. The van der Waals surface area contributed by atoms with Crippen molar-refractivity contribution < 1.29 is 0 Å². The van der Waals surface area contributed by atoms with E-state index in [0.717, 1.165) is 18.7 Å². The number of halogens is 2. The molecule has 1 aromatic carbocycles. The van der Waals surface area contributed by atoms with Crippen molar-refractivity contribution in [1.29, 1.82) is 5.26 Å². The minimum Gasteiger partial charge on any atom is -0.385 e. The molecule has 0 spiro atoms. The van der Waals surface area contributed by atoms with Gasteiger partial charge in [0.25, 0.3) is 0 Å². The van der Waals surface area contributed by atoms with E-state index in [1.165, 1.54) is 0 Å². The molecule has 0 aliphatic heterocycles. The van der Waals surface area contributed by atoms with E-state index >= 15 is 0 Å². The average Bonchev–Trinajstić information content (AvgIpc) is 2.18. The summed E-state index contributed by atoms with van der Waals surface area (Å²) in [4.78, 5) is 0. The molecule has 4 heteroatoms. The zero-order valence-electron chi connectivity index (χ0n) is 7.56. The average molecular weight is 229 g/mol. The number of nitrogens with zero attached hydrogens (tertiary/aromatic N) is 1. The molecule has 0 atom stereocenters. The summed E-state index contributed by atoms with van der Waals surface area (Å²) in [6, 6.07) is 7.47. The zero-order valence-corrected chi connectivity index (χ0v) is 9.07. The molecule has 1 aromatic rings. The molecule has 0 aromatic heterocycles. The number of hydrogen-bond donors (Lipinski definition) is 1. The molecule has 0 radical (unpaired) electrons. The van der Waals surface area contributed by atoms with Crippen molar-refractivity contribution in [2.24, 2.45) is 0 Å².